The maximum atomic E-state index is 11.8. The molecule has 3 aromatic rings. The quantitative estimate of drug-likeness (QED) is 0.712. The van der Waals surface area contributed by atoms with Gasteiger partial charge in [0.05, 0.1) is 18.7 Å². The van der Waals surface area contributed by atoms with Crippen LogP contribution in [0.1, 0.15) is 16.2 Å². The van der Waals surface area contributed by atoms with E-state index in [1.165, 1.54) is 11.3 Å². The molecule has 0 aliphatic carbocycles. The highest BCUT2D eigenvalue weighted by molar-refractivity contribution is 7.08. The van der Waals surface area contributed by atoms with Crippen LogP contribution in [0.15, 0.2) is 51.7 Å². The van der Waals surface area contributed by atoms with E-state index in [9.17, 15) is 9.59 Å². The molecule has 2 aromatic heterocycles. The van der Waals surface area contributed by atoms with Crippen molar-refractivity contribution in [3.05, 3.63) is 58.5 Å². The monoisotopic (exact) mass is 342 g/mol. The van der Waals surface area contributed by atoms with Crippen LogP contribution in [0.4, 0.5) is 0 Å². The molecule has 122 valence electrons. The van der Waals surface area contributed by atoms with Gasteiger partial charge in [-0.25, -0.2) is 0 Å². The second-order valence-corrected chi connectivity index (χ2v) is 5.63. The van der Waals surface area contributed by atoms with Crippen LogP contribution in [-0.2, 0) is 11.3 Å². The van der Waals surface area contributed by atoms with Crippen LogP contribution < -0.4 is 10.6 Å². The number of benzene rings is 1. The minimum Gasteiger partial charge on any atom is -0.347 e. The minimum absolute atomic E-state index is 0.122. The SMILES string of the molecule is O=C(CNC(=O)c1ccccc1)NCc1noc(-c2ccsc2)n1. The number of hydrogen-bond donors (Lipinski definition) is 2. The first kappa shape index (κ1) is 15.9. The van der Waals surface area contributed by atoms with Gasteiger partial charge in [-0.1, -0.05) is 23.4 Å². The number of thiophene rings is 1. The third kappa shape index (κ3) is 4.05. The Morgan fingerprint density at radius 3 is 2.71 bits per heavy atom. The smallest absolute Gasteiger partial charge is 0.258 e. The summed E-state index contributed by atoms with van der Waals surface area (Å²) in [4.78, 5) is 27.8. The normalized spacial score (nSPS) is 10.3. The van der Waals surface area contributed by atoms with Gasteiger partial charge in [0.15, 0.2) is 5.82 Å². The summed E-state index contributed by atoms with van der Waals surface area (Å²) < 4.78 is 5.12. The predicted molar refractivity (Wildman–Crippen MR) is 88.2 cm³/mol. The van der Waals surface area contributed by atoms with Crippen molar-refractivity contribution < 1.29 is 14.1 Å². The Morgan fingerprint density at radius 2 is 1.96 bits per heavy atom. The Balaban J connectivity index is 1.45. The molecular weight excluding hydrogens is 328 g/mol. The van der Waals surface area contributed by atoms with Gasteiger partial charge in [-0.05, 0) is 23.6 Å². The molecule has 2 amide bonds. The fourth-order valence-corrected chi connectivity index (χ4v) is 2.55. The van der Waals surface area contributed by atoms with Gasteiger partial charge in [0, 0.05) is 10.9 Å². The molecule has 24 heavy (non-hydrogen) atoms. The summed E-state index contributed by atoms with van der Waals surface area (Å²) in [7, 11) is 0. The third-order valence-electron chi connectivity index (χ3n) is 3.13. The van der Waals surface area contributed by atoms with Crippen molar-refractivity contribution in [2.45, 2.75) is 6.54 Å². The van der Waals surface area contributed by atoms with E-state index in [0.29, 0.717) is 17.3 Å². The van der Waals surface area contributed by atoms with E-state index in [-0.39, 0.29) is 24.9 Å². The van der Waals surface area contributed by atoms with Crippen LogP contribution >= 0.6 is 11.3 Å². The lowest BCUT2D eigenvalue weighted by Crippen LogP contribution is -2.36. The van der Waals surface area contributed by atoms with E-state index in [0.717, 1.165) is 5.56 Å². The zero-order chi connectivity index (χ0) is 16.8. The molecule has 0 aliphatic rings. The lowest BCUT2D eigenvalue weighted by molar-refractivity contribution is -0.120. The minimum atomic E-state index is -0.332. The van der Waals surface area contributed by atoms with Crippen LogP contribution in [0.5, 0.6) is 0 Å². The summed E-state index contributed by atoms with van der Waals surface area (Å²) in [5.74, 6) is 0.156. The van der Waals surface area contributed by atoms with Crippen LogP contribution in [0.3, 0.4) is 0 Å². The first-order valence-electron chi connectivity index (χ1n) is 7.17. The van der Waals surface area contributed by atoms with Crippen molar-refractivity contribution in [2.75, 3.05) is 6.54 Å². The van der Waals surface area contributed by atoms with E-state index in [2.05, 4.69) is 20.8 Å². The number of amides is 2. The van der Waals surface area contributed by atoms with Gasteiger partial charge < -0.3 is 15.2 Å². The molecular formula is C16H14N4O3S. The molecule has 0 unspecified atom stereocenters. The highest BCUT2D eigenvalue weighted by Gasteiger charge is 2.11. The van der Waals surface area contributed by atoms with Crippen LogP contribution in [0.2, 0.25) is 0 Å². The highest BCUT2D eigenvalue weighted by Crippen LogP contribution is 2.19. The zero-order valence-electron chi connectivity index (χ0n) is 12.6. The van der Waals surface area contributed by atoms with Gasteiger partial charge in [0.1, 0.15) is 0 Å². The van der Waals surface area contributed by atoms with Crippen LogP contribution in [0, 0.1) is 0 Å². The zero-order valence-corrected chi connectivity index (χ0v) is 13.4. The molecule has 0 bridgehead atoms. The Morgan fingerprint density at radius 1 is 1.12 bits per heavy atom. The summed E-state index contributed by atoms with van der Waals surface area (Å²) in [6.07, 6.45) is 0. The molecule has 2 N–H and O–H groups in total. The summed E-state index contributed by atoms with van der Waals surface area (Å²) in [6.45, 7) is 0.0106. The maximum Gasteiger partial charge on any atom is 0.258 e. The summed E-state index contributed by atoms with van der Waals surface area (Å²) >= 11 is 1.53. The topological polar surface area (TPSA) is 97.1 Å². The fourth-order valence-electron chi connectivity index (χ4n) is 1.92. The van der Waals surface area contributed by atoms with E-state index >= 15 is 0 Å². The Labute approximate surface area is 141 Å². The Bertz CT molecular complexity index is 815. The molecule has 0 aliphatic heterocycles. The van der Waals surface area contributed by atoms with Gasteiger partial charge in [-0.2, -0.15) is 16.3 Å². The van der Waals surface area contributed by atoms with Gasteiger partial charge in [0.2, 0.25) is 5.91 Å². The second kappa shape index (κ2) is 7.51. The number of rotatable bonds is 6. The summed E-state index contributed by atoms with van der Waals surface area (Å²) in [6, 6.07) is 10.6. The average molecular weight is 342 g/mol. The number of carbonyl (C=O) groups excluding carboxylic acids is 2. The van der Waals surface area contributed by atoms with Crippen molar-refractivity contribution in [3.63, 3.8) is 0 Å². The van der Waals surface area contributed by atoms with E-state index in [1.54, 1.807) is 24.3 Å². The highest BCUT2D eigenvalue weighted by atomic mass is 32.1. The molecule has 7 nitrogen and oxygen atoms in total. The number of carbonyl (C=O) groups is 2. The van der Waals surface area contributed by atoms with Crippen molar-refractivity contribution in [1.82, 2.24) is 20.8 Å². The molecule has 0 radical (unpaired) electrons. The van der Waals surface area contributed by atoms with Gasteiger partial charge >= 0.3 is 0 Å². The van der Waals surface area contributed by atoms with Crippen LogP contribution in [0.25, 0.3) is 11.5 Å². The van der Waals surface area contributed by atoms with Gasteiger partial charge in [-0.15, -0.1) is 0 Å². The standard InChI is InChI=1S/C16H14N4O3S/c21-14(9-18-15(22)11-4-2-1-3-5-11)17-8-13-19-16(23-20-13)12-6-7-24-10-12/h1-7,10H,8-9H2,(H,17,21)(H,18,22). The van der Waals surface area contributed by atoms with E-state index < -0.39 is 0 Å². The average Bonchev–Trinajstić information content (AvgIpc) is 3.29. The molecule has 3 rings (SSSR count). The Hall–Kier alpha value is -3.00. The van der Waals surface area contributed by atoms with Gasteiger partial charge in [0.25, 0.3) is 11.8 Å². The molecule has 0 saturated heterocycles. The molecule has 0 spiro atoms. The number of hydrogen-bond acceptors (Lipinski definition) is 6. The number of nitrogens with one attached hydrogen (secondary N) is 2. The predicted octanol–water partition coefficient (Wildman–Crippen LogP) is 1.84. The van der Waals surface area contributed by atoms with Gasteiger partial charge in [-0.3, -0.25) is 9.59 Å². The second-order valence-electron chi connectivity index (χ2n) is 4.85. The first-order chi connectivity index (χ1) is 11.7. The summed E-state index contributed by atoms with van der Waals surface area (Å²) in [5, 5.41) is 12.8. The van der Waals surface area contributed by atoms with Crippen molar-refractivity contribution in [3.8, 4) is 11.5 Å². The number of nitrogens with zero attached hydrogens (tertiary/aromatic N) is 2. The summed E-state index contributed by atoms with van der Waals surface area (Å²) in [5.41, 5.74) is 1.35. The lowest BCUT2D eigenvalue weighted by Gasteiger charge is -2.05. The van der Waals surface area contributed by atoms with Crippen molar-refractivity contribution in [2.24, 2.45) is 0 Å². The maximum absolute atomic E-state index is 11.8. The van der Waals surface area contributed by atoms with E-state index in [4.69, 9.17) is 4.52 Å². The largest absolute Gasteiger partial charge is 0.347 e. The van der Waals surface area contributed by atoms with Crippen molar-refractivity contribution in [1.29, 1.82) is 0 Å². The molecule has 0 atom stereocenters. The lowest BCUT2D eigenvalue weighted by atomic mass is 10.2. The fraction of sp³-hybridized carbons (Fsp3) is 0.125. The first-order valence-corrected chi connectivity index (χ1v) is 8.12. The van der Waals surface area contributed by atoms with Crippen molar-refractivity contribution >= 4 is 23.2 Å². The Kier molecular flexibility index (Phi) is 4.97. The molecule has 0 saturated carbocycles. The molecule has 8 heteroatoms. The molecule has 1 aromatic carbocycles. The molecule has 2 heterocycles. The number of aromatic nitrogens is 2. The van der Waals surface area contributed by atoms with Crippen LogP contribution in [-0.4, -0.2) is 28.5 Å². The van der Waals surface area contributed by atoms with E-state index in [1.807, 2.05) is 22.9 Å². The third-order valence-corrected chi connectivity index (χ3v) is 3.81. The molecule has 0 fully saturated rings.